The number of aliphatic carboxylic acids is 1. The van der Waals surface area contributed by atoms with E-state index in [2.05, 4.69) is 0 Å². The third kappa shape index (κ3) is 3.84. The van der Waals surface area contributed by atoms with E-state index in [1.165, 1.54) is 9.78 Å². The molecule has 1 rings (SSSR count). The number of carbonyl (C=O) groups excluding carboxylic acids is 1. The van der Waals surface area contributed by atoms with Crippen LogP contribution in [0.4, 0.5) is 0 Å². The van der Waals surface area contributed by atoms with Crippen LogP contribution in [0.1, 0.15) is 18.7 Å². The highest BCUT2D eigenvalue weighted by Crippen LogP contribution is 2.15. The molecule has 0 aliphatic heterocycles. The van der Waals surface area contributed by atoms with E-state index in [9.17, 15) is 9.59 Å². The van der Waals surface area contributed by atoms with Crippen LogP contribution in [0, 0.1) is 11.8 Å². The molecule has 1 atom stereocenters. The van der Waals surface area contributed by atoms with Gasteiger partial charge in [-0.2, -0.15) is 0 Å². The number of carboxylic acid groups (broad SMARTS) is 1. The maximum absolute atomic E-state index is 12.0. The second-order valence-corrected chi connectivity index (χ2v) is 5.68. The molecule has 5 heteroatoms. The van der Waals surface area contributed by atoms with Gasteiger partial charge in [0.25, 0.3) is 0 Å². The Morgan fingerprint density at radius 1 is 1.44 bits per heavy atom. The lowest BCUT2D eigenvalue weighted by molar-refractivity contribution is -0.152. The Bertz CT molecular complexity index is 400. The van der Waals surface area contributed by atoms with Crippen molar-refractivity contribution >= 4 is 23.2 Å². The molecule has 4 nitrogen and oxygen atoms in total. The van der Waals surface area contributed by atoms with Crippen LogP contribution in [-0.2, 0) is 16.0 Å². The second-order valence-electron chi connectivity index (χ2n) is 4.65. The summed E-state index contributed by atoms with van der Waals surface area (Å²) < 4.78 is 0. The van der Waals surface area contributed by atoms with Crippen LogP contribution in [0.5, 0.6) is 0 Å². The summed E-state index contributed by atoms with van der Waals surface area (Å²) in [5.74, 6) is -2.50. The summed E-state index contributed by atoms with van der Waals surface area (Å²) in [5, 5.41) is 11.1. The molecule has 0 radical (unpaired) electrons. The molecule has 1 aromatic rings. The Kier molecular flexibility index (Phi) is 5.34. The number of hydrogen-bond acceptors (Lipinski definition) is 3. The van der Waals surface area contributed by atoms with Gasteiger partial charge in [0.05, 0.1) is 0 Å². The zero-order valence-electron chi connectivity index (χ0n) is 10.9. The molecule has 0 bridgehead atoms. The molecule has 1 aromatic heterocycles. The number of amides is 1. The van der Waals surface area contributed by atoms with E-state index in [4.69, 9.17) is 5.11 Å². The standard InChI is InChI=1S/C13H19NO3S/c1-9(2)11(13(16)17)12(15)14(3)7-6-10-5-4-8-18-10/h4-5,8-9,11H,6-7H2,1-3H3,(H,16,17). The average Bonchev–Trinajstić information content (AvgIpc) is 2.77. The van der Waals surface area contributed by atoms with Gasteiger partial charge in [-0.05, 0) is 23.8 Å². The monoisotopic (exact) mass is 269 g/mol. The number of hydrogen-bond donors (Lipinski definition) is 1. The number of rotatable bonds is 6. The number of thiophene rings is 1. The zero-order chi connectivity index (χ0) is 13.7. The van der Waals surface area contributed by atoms with Crippen LogP contribution in [0.3, 0.4) is 0 Å². The molecule has 0 saturated heterocycles. The fraction of sp³-hybridized carbons (Fsp3) is 0.538. The van der Waals surface area contributed by atoms with Gasteiger partial charge in [0.1, 0.15) is 5.92 Å². The molecule has 1 amide bonds. The van der Waals surface area contributed by atoms with Crippen LogP contribution < -0.4 is 0 Å². The van der Waals surface area contributed by atoms with Gasteiger partial charge >= 0.3 is 5.97 Å². The summed E-state index contributed by atoms with van der Waals surface area (Å²) in [6.07, 6.45) is 0.768. The van der Waals surface area contributed by atoms with Gasteiger partial charge in [-0.3, -0.25) is 9.59 Å². The number of carbonyl (C=O) groups is 2. The highest BCUT2D eigenvalue weighted by atomic mass is 32.1. The topological polar surface area (TPSA) is 57.6 Å². The Balaban J connectivity index is 2.57. The first-order chi connectivity index (χ1) is 8.43. The van der Waals surface area contributed by atoms with Crippen LogP contribution in [0.2, 0.25) is 0 Å². The highest BCUT2D eigenvalue weighted by molar-refractivity contribution is 7.09. The molecule has 0 saturated carbocycles. The lowest BCUT2D eigenvalue weighted by atomic mass is 9.94. The first-order valence-corrected chi connectivity index (χ1v) is 6.81. The maximum atomic E-state index is 12.0. The summed E-state index contributed by atoms with van der Waals surface area (Å²) in [5.41, 5.74) is 0. The van der Waals surface area contributed by atoms with Crippen LogP contribution in [0.25, 0.3) is 0 Å². The SMILES string of the molecule is CC(C)C(C(=O)O)C(=O)N(C)CCc1cccs1. The largest absolute Gasteiger partial charge is 0.481 e. The Morgan fingerprint density at radius 3 is 2.56 bits per heavy atom. The molecule has 0 aromatic carbocycles. The number of likely N-dealkylation sites (N-methyl/N-ethyl adjacent to an activating group) is 1. The quantitative estimate of drug-likeness (QED) is 0.805. The summed E-state index contributed by atoms with van der Waals surface area (Å²) >= 11 is 1.64. The van der Waals surface area contributed by atoms with E-state index in [1.54, 1.807) is 32.2 Å². The van der Waals surface area contributed by atoms with Crippen LogP contribution in [-0.4, -0.2) is 35.5 Å². The minimum Gasteiger partial charge on any atom is -0.481 e. The molecule has 100 valence electrons. The number of carboxylic acids is 1. The first kappa shape index (κ1) is 14.7. The van der Waals surface area contributed by atoms with Crippen molar-refractivity contribution in [3.05, 3.63) is 22.4 Å². The van der Waals surface area contributed by atoms with Gasteiger partial charge in [-0.1, -0.05) is 19.9 Å². The van der Waals surface area contributed by atoms with Gasteiger partial charge in [-0.25, -0.2) is 0 Å². The molecule has 18 heavy (non-hydrogen) atoms. The molecule has 0 aliphatic rings. The van der Waals surface area contributed by atoms with Gasteiger partial charge < -0.3 is 10.0 Å². The van der Waals surface area contributed by atoms with Gasteiger partial charge in [0.15, 0.2) is 0 Å². The second kappa shape index (κ2) is 6.54. The van der Waals surface area contributed by atoms with E-state index in [1.807, 2.05) is 17.5 Å². The summed E-state index contributed by atoms with van der Waals surface area (Å²) in [6, 6.07) is 3.98. The van der Waals surface area contributed by atoms with Crippen molar-refractivity contribution < 1.29 is 14.7 Å². The predicted molar refractivity (Wildman–Crippen MR) is 71.6 cm³/mol. The van der Waals surface area contributed by atoms with E-state index in [0.717, 1.165) is 6.42 Å². The molecular formula is C13H19NO3S. The molecule has 1 N–H and O–H groups in total. The maximum Gasteiger partial charge on any atom is 0.316 e. The van der Waals surface area contributed by atoms with Crippen LogP contribution in [0.15, 0.2) is 17.5 Å². The van der Waals surface area contributed by atoms with Gasteiger partial charge in [-0.15, -0.1) is 11.3 Å². The third-order valence-corrected chi connectivity index (χ3v) is 3.78. The smallest absolute Gasteiger partial charge is 0.316 e. The molecule has 0 spiro atoms. The van der Waals surface area contributed by atoms with Crippen LogP contribution >= 0.6 is 11.3 Å². The minimum atomic E-state index is -1.04. The van der Waals surface area contributed by atoms with Crippen molar-refractivity contribution in [2.45, 2.75) is 20.3 Å². The Hall–Kier alpha value is -1.36. The van der Waals surface area contributed by atoms with Gasteiger partial charge in [0.2, 0.25) is 5.91 Å². The van der Waals surface area contributed by atoms with E-state index in [-0.39, 0.29) is 11.8 Å². The average molecular weight is 269 g/mol. The summed E-state index contributed by atoms with van der Waals surface area (Å²) in [7, 11) is 1.66. The van der Waals surface area contributed by atoms with Gasteiger partial charge in [0, 0.05) is 18.5 Å². The zero-order valence-corrected chi connectivity index (χ0v) is 11.7. The normalized spacial score (nSPS) is 12.4. The Morgan fingerprint density at radius 2 is 2.11 bits per heavy atom. The summed E-state index contributed by atoms with van der Waals surface area (Å²) in [6.45, 7) is 4.06. The van der Waals surface area contributed by atoms with Crippen molar-refractivity contribution in [2.24, 2.45) is 11.8 Å². The molecule has 0 fully saturated rings. The van der Waals surface area contributed by atoms with E-state index >= 15 is 0 Å². The fourth-order valence-corrected chi connectivity index (χ4v) is 2.45. The van der Waals surface area contributed by atoms with E-state index in [0.29, 0.717) is 6.54 Å². The lowest BCUT2D eigenvalue weighted by Crippen LogP contribution is -2.40. The molecular weight excluding hydrogens is 250 g/mol. The highest BCUT2D eigenvalue weighted by Gasteiger charge is 2.31. The summed E-state index contributed by atoms with van der Waals surface area (Å²) in [4.78, 5) is 25.8. The first-order valence-electron chi connectivity index (χ1n) is 5.93. The van der Waals surface area contributed by atoms with Crippen molar-refractivity contribution in [3.63, 3.8) is 0 Å². The predicted octanol–water partition coefficient (Wildman–Crippen LogP) is 2.11. The molecule has 0 aliphatic carbocycles. The lowest BCUT2D eigenvalue weighted by Gasteiger charge is -2.23. The number of nitrogens with zero attached hydrogens (tertiary/aromatic N) is 1. The molecule has 1 unspecified atom stereocenters. The fourth-order valence-electron chi connectivity index (χ4n) is 1.76. The van der Waals surface area contributed by atoms with Crippen molar-refractivity contribution in [2.75, 3.05) is 13.6 Å². The Labute approximate surface area is 111 Å². The molecule has 1 heterocycles. The van der Waals surface area contributed by atoms with Crippen molar-refractivity contribution in [1.29, 1.82) is 0 Å². The van der Waals surface area contributed by atoms with E-state index < -0.39 is 11.9 Å². The van der Waals surface area contributed by atoms with Crippen molar-refractivity contribution in [1.82, 2.24) is 4.90 Å². The van der Waals surface area contributed by atoms with Crippen molar-refractivity contribution in [3.8, 4) is 0 Å². The third-order valence-electron chi connectivity index (χ3n) is 2.85. The minimum absolute atomic E-state index is 0.195.